The third kappa shape index (κ3) is 2.56. The fourth-order valence-electron chi connectivity index (χ4n) is 3.99. The van der Waals surface area contributed by atoms with Gasteiger partial charge in [0.1, 0.15) is 5.82 Å². The zero-order valence-electron chi connectivity index (χ0n) is 14.7. The van der Waals surface area contributed by atoms with E-state index in [-0.39, 0.29) is 11.5 Å². The Morgan fingerprint density at radius 2 is 2.00 bits per heavy atom. The van der Waals surface area contributed by atoms with Crippen molar-refractivity contribution in [2.24, 2.45) is 5.92 Å². The lowest BCUT2D eigenvalue weighted by Gasteiger charge is -2.29. The van der Waals surface area contributed by atoms with E-state index < -0.39 is 11.8 Å². The molecule has 0 atom stereocenters. The van der Waals surface area contributed by atoms with Crippen LogP contribution in [0.1, 0.15) is 12.8 Å². The number of carbonyl (C=O) groups is 1. The van der Waals surface area contributed by atoms with E-state index in [2.05, 4.69) is 9.88 Å². The van der Waals surface area contributed by atoms with E-state index >= 15 is 0 Å². The van der Waals surface area contributed by atoms with Gasteiger partial charge in [-0.25, -0.2) is 9.37 Å². The van der Waals surface area contributed by atoms with Crippen LogP contribution in [0.5, 0.6) is 0 Å². The molecule has 1 saturated heterocycles. The number of halogens is 1. The van der Waals surface area contributed by atoms with E-state index in [9.17, 15) is 19.1 Å². The van der Waals surface area contributed by atoms with Gasteiger partial charge < -0.3 is 15.0 Å². The second-order valence-electron chi connectivity index (χ2n) is 7.06. The smallest absolute Gasteiger partial charge is 0.306 e. The molecule has 0 saturated carbocycles. The van der Waals surface area contributed by atoms with E-state index in [1.807, 2.05) is 6.07 Å². The number of aliphatic carboxylic acids is 1. The van der Waals surface area contributed by atoms with Crippen molar-refractivity contribution < 1.29 is 14.3 Å². The lowest BCUT2D eigenvalue weighted by molar-refractivity contribution is -0.142. The van der Waals surface area contributed by atoms with Crippen LogP contribution >= 0.6 is 11.3 Å². The Morgan fingerprint density at radius 3 is 2.75 bits per heavy atom. The quantitative estimate of drug-likeness (QED) is 0.504. The summed E-state index contributed by atoms with van der Waals surface area (Å²) in [7, 11) is 0. The van der Waals surface area contributed by atoms with E-state index in [0.29, 0.717) is 36.7 Å². The number of thiazole rings is 1. The highest BCUT2D eigenvalue weighted by Crippen LogP contribution is 2.40. The molecular weight excluding hydrogens is 381 g/mol. The molecule has 0 unspecified atom stereocenters. The number of hydrogen-bond donors (Lipinski definition) is 2. The Hall–Kier alpha value is -3.00. The van der Waals surface area contributed by atoms with Crippen molar-refractivity contribution in [2.75, 3.05) is 18.0 Å². The maximum absolute atomic E-state index is 13.9. The number of nitrogens with one attached hydrogen (secondary N) is 1. The number of aromatic nitrogens is 2. The molecule has 2 aromatic carbocycles. The molecular formula is C20H16FN3O3S. The summed E-state index contributed by atoms with van der Waals surface area (Å²) in [6.07, 6.45) is 2.75. The maximum Gasteiger partial charge on any atom is 0.306 e. The lowest BCUT2D eigenvalue weighted by atomic mass is 9.97. The molecule has 0 bridgehead atoms. The van der Waals surface area contributed by atoms with Crippen LogP contribution in [0.4, 0.5) is 9.52 Å². The third-order valence-electron chi connectivity index (χ3n) is 5.44. The number of rotatable bonds is 2. The average Bonchev–Trinajstić information content (AvgIpc) is 3.13. The number of benzene rings is 2. The van der Waals surface area contributed by atoms with Crippen molar-refractivity contribution in [3.05, 3.63) is 46.6 Å². The number of pyridine rings is 1. The first-order valence-electron chi connectivity index (χ1n) is 9.04. The molecule has 8 heteroatoms. The van der Waals surface area contributed by atoms with E-state index in [4.69, 9.17) is 4.98 Å². The number of hydrogen-bond acceptors (Lipinski definition) is 5. The topological polar surface area (TPSA) is 86.3 Å². The zero-order valence-corrected chi connectivity index (χ0v) is 15.6. The fraction of sp³-hybridized carbons (Fsp3) is 0.250. The largest absolute Gasteiger partial charge is 0.481 e. The minimum Gasteiger partial charge on any atom is -0.481 e. The number of carboxylic acids is 1. The predicted octanol–water partition coefficient (Wildman–Crippen LogP) is 3.73. The summed E-state index contributed by atoms with van der Waals surface area (Å²) in [5.41, 5.74) is 0.487. The Bertz CT molecular complexity index is 1310. The molecule has 1 aliphatic rings. The molecule has 4 aromatic rings. The van der Waals surface area contributed by atoms with E-state index in [1.54, 1.807) is 12.3 Å². The molecule has 142 valence electrons. The fourth-order valence-corrected chi connectivity index (χ4v) is 5.16. The lowest BCUT2D eigenvalue weighted by Crippen LogP contribution is -2.36. The number of piperidine rings is 1. The number of nitrogens with zero attached hydrogens (tertiary/aromatic N) is 2. The van der Waals surface area contributed by atoms with Gasteiger partial charge in [0, 0.05) is 35.4 Å². The van der Waals surface area contributed by atoms with Gasteiger partial charge in [0.2, 0.25) is 0 Å². The third-order valence-corrected chi connectivity index (χ3v) is 6.59. The summed E-state index contributed by atoms with van der Waals surface area (Å²) in [6, 6.07) is 6.24. The first kappa shape index (κ1) is 17.1. The van der Waals surface area contributed by atoms with Gasteiger partial charge in [-0.3, -0.25) is 9.59 Å². The average molecular weight is 397 g/mol. The van der Waals surface area contributed by atoms with E-state index in [0.717, 1.165) is 26.1 Å². The normalized spacial score (nSPS) is 15.7. The molecule has 2 aromatic heterocycles. The molecule has 0 radical (unpaired) electrons. The van der Waals surface area contributed by atoms with Gasteiger partial charge in [0.05, 0.1) is 21.5 Å². The van der Waals surface area contributed by atoms with Gasteiger partial charge in [0.25, 0.3) is 5.56 Å². The molecule has 2 N–H and O–H groups in total. The summed E-state index contributed by atoms with van der Waals surface area (Å²) >= 11 is 1.49. The summed E-state index contributed by atoms with van der Waals surface area (Å²) < 4.78 is 14.8. The summed E-state index contributed by atoms with van der Waals surface area (Å²) in [5.74, 6) is -1.46. The SMILES string of the molecule is O=C(O)C1CCN(c2nc3c4ccc(F)cc4c4c(=O)[nH]ccc4c3s2)CC1. The first-order chi connectivity index (χ1) is 13.5. The van der Waals surface area contributed by atoms with Crippen LogP contribution in [0.25, 0.3) is 31.8 Å². The highest BCUT2D eigenvalue weighted by molar-refractivity contribution is 7.23. The van der Waals surface area contributed by atoms with Crippen LogP contribution in [-0.2, 0) is 4.79 Å². The molecule has 0 aliphatic carbocycles. The van der Waals surface area contributed by atoms with Crippen molar-refractivity contribution in [1.82, 2.24) is 9.97 Å². The minimum absolute atomic E-state index is 0.257. The molecule has 5 rings (SSSR count). The Balaban J connectivity index is 1.73. The van der Waals surface area contributed by atoms with Crippen LogP contribution in [0, 0.1) is 11.7 Å². The first-order valence-corrected chi connectivity index (χ1v) is 9.85. The molecule has 28 heavy (non-hydrogen) atoms. The molecule has 0 spiro atoms. The zero-order chi connectivity index (χ0) is 19.4. The molecule has 3 heterocycles. The van der Waals surface area contributed by atoms with Crippen molar-refractivity contribution in [2.45, 2.75) is 12.8 Å². The van der Waals surface area contributed by atoms with Crippen molar-refractivity contribution >= 4 is 54.2 Å². The highest BCUT2D eigenvalue weighted by atomic mass is 32.1. The van der Waals surface area contributed by atoms with Gasteiger partial charge in [-0.1, -0.05) is 11.3 Å². The summed E-state index contributed by atoms with van der Waals surface area (Å²) in [5, 5.41) is 12.5. The Labute approximate surface area is 162 Å². The molecule has 1 fully saturated rings. The predicted molar refractivity (Wildman–Crippen MR) is 108 cm³/mol. The van der Waals surface area contributed by atoms with Crippen molar-refractivity contribution in [1.29, 1.82) is 0 Å². The van der Waals surface area contributed by atoms with Crippen LogP contribution < -0.4 is 10.5 Å². The van der Waals surface area contributed by atoms with Crippen molar-refractivity contribution in [3.63, 3.8) is 0 Å². The summed E-state index contributed by atoms with van der Waals surface area (Å²) in [6.45, 7) is 1.25. The second kappa shape index (κ2) is 6.27. The van der Waals surface area contributed by atoms with Gasteiger partial charge in [-0.15, -0.1) is 0 Å². The Morgan fingerprint density at radius 1 is 1.21 bits per heavy atom. The van der Waals surface area contributed by atoms with Gasteiger partial charge in [-0.05, 0) is 37.1 Å². The number of anilines is 1. The molecule has 1 aliphatic heterocycles. The number of H-pyrrole nitrogens is 1. The van der Waals surface area contributed by atoms with Crippen LogP contribution in [0.2, 0.25) is 0 Å². The monoisotopic (exact) mass is 397 g/mol. The maximum atomic E-state index is 13.9. The second-order valence-corrected chi connectivity index (χ2v) is 8.04. The Kier molecular flexibility index (Phi) is 3.83. The summed E-state index contributed by atoms with van der Waals surface area (Å²) in [4.78, 5) is 33.3. The minimum atomic E-state index is -0.748. The number of carboxylic acid groups (broad SMARTS) is 1. The van der Waals surface area contributed by atoms with Gasteiger partial charge in [0.15, 0.2) is 5.13 Å². The standard InChI is InChI=1S/C20H16FN3O3S/c21-11-1-2-12-14(9-11)15-13(3-6-22-18(15)25)17-16(12)23-20(28-17)24-7-4-10(5-8-24)19(26)27/h1-3,6,9-10H,4-5,7-8H2,(H,22,25)(H,26,27). The molecule has 0 amide bonds. The highest BCUT2D eigenvalue weighted by Gasteiger charge is 2.26. The van der Waals surface area contributed by atoms with Crippen LogP contribution in [-0.4, -0.2) is 34.1 Å². The van der Waals surface area contributed by atoms with Crippen LogP contribution in [0.3, 0.4) is 0 Å². The van der Waals surface area contributed by atoms with Gasteiger partial charge >= 0.3 is 5.97 Å². The van der Waals surface area contributed by atoms with E-state index in [1.165, 1.54) is 23.5 Å². The van der Waals surface area contributed by atoms with Crippen LogP contribution in [0.15, 0.2) is 35.3 Å². The number of aromatic amines is 1. The molecule has 6 nitrogen and oxygen atoms in total. The van der Waals surface area contributed by atoms with Crippen molar-refractivity contribution in [3.8, 4) is 0 Å². The van der Waals surface area contributed by atoms with Gasteiger partial charge in [-0.2, -0.15) is 0 Å². The number of fused-ring (bicyclic) bond motifs is 6.